The molecule has 0 unspecified atom stereocenters. The highest BCUT2D eigenvalue weighted by molar-refractivity contribution is 5.90. The predicted octanol–water partition coefficient (Wildman–Crippen LogP) is 11.1. The van der Waals surface area contributed by atoms with Crippen molar-refractivity contribution in [3.05, 3.63) is 169 Å². The molecule has 212 valence electrons. The summed E-state index contributed by atoms with van der Waals surface area (Å²) in [5.74, 6) is 2.32. The van der Waals surface area contributed by atoms with Gasteiger partial charge in [0.15, 0.2) is 5.82 Å². The molecular formula is C42H28N2O. The third-order valence-electron chi connectivity index (χ3n) is 8.15. The monoisotopic (exact) mass is 576 g/mol. The van der Waals surface area contributed by atoms with Crippen molar-refractivity contribution in [2.75, 3.05) is 0 Å². The Kier molecular flexibility index (Phi) is 6.82. The maximum Gasteiger partial charge on any atom is 0.160 e. The number of nitrogens with zero attached hydrogens (tertiary/aromatic N) is 2. The minimum absolute atomic E-state index is 0.695. The van der Waals surface area contributed by atoms with Crippen molar-refractivity contribution < 1.29 is 4.74 Å². The van der Waals surface area contributed by atoms with E-state index in [9.17, 15) is 0 Å². The maximum atomic E-state index is 6.73. The van der Waals surface area contributed by atoms with Gasteiger partial charge < -0.3 is 4.74 Å². The quantitative estimate of drug-likeness (QED) is 0.210. The minimum Gasteiger partial charge on any atom is -0.456 e. The first-order chi connectivity index (χ1) is 22.3. The van der Waals surface area contributed by atoms with Gasteiger partial charge in [0.2, 0.25) is 0 Å². The molecule has 0 atom stereocenters. The number of rotatable bonds is 3. The van der Waals surface area contributed by atoms with E-state index in [0.29, 0.717) is 5.82 Å². The molecule has 0 amide bonds. The average molecular weight is 577 g/mol. The van der Waals surface area contributed by atoms with Gasteiger partial charge in [0.05, 0.1) is 11.4 Å². The van der Waals surface area contributed by atoms with Crippen LogP contribution in [0.15, 0.2) is 158 Å². The molecule has 1 aliphatic rings. The lowest BCUT2D eigenvalue weighted by Gasteiger charge is -2.16. The number of aromatic nitrogens is 2. The molecule has 6 aromatic carbocycles. The molecule has 0 spiro atoms. The van der Waals surface area contributed by atoms with Crippen LogP contribution in [0.5, 0.6) is 11.5 Å². The van der Waals surface area contributed by atoms with Crippen LogP contribution in [-0.2, 0) is 0 Å². The van der Waals surface area contributed by atoms with Crippen molar-refractivity contribution in [2.45, 2.75) is 0 Å². The maximum absolute atomic E-state index is 6.73. The second-order valence-electron chi connectivity index (χ2n) is 11.0. The molecule has 45 heavy (non-hydrogen) atoms. The number of para-hydroxylation sites is 2. The standard InChI is InChI=1S/C42H28N2O/c1-3-14-31(15-4-1)38-28-39(44-42(43-38)32-16-5-2-6-17-32)33-26-25-30-24-23-29-13-7-8-18-34(29)35-19-9-11-21-40(35)45-41-22-12-10-20-36(41)37(30)27-33/h1-28H. The van der Waals surface area contributed by atoms with Crippen molar-refractivity contribution in [1.82, 2.24) is 9.97 Å². The topological polar surface area (TPSA) is 35.0 Å². The Morgan fingerprint density at radius 1 is 0.356 bits per heavy atom. The Balaban J connectivity index is 1.34. The van der Waals surface area contributed by atoms with Gasteiger partial charge in [0.25, 0.3) is 0 Å². The van der Waals surface area contributed by atoms with Crippen LogP contribution >= 0.6 is 0 Å². The predicted molar refractivity (Wildman–Crippen MR) is 185 cm³/mol. The average Bonchev–Trinajstić information content (AvgIpc) is 3.14. The van der Waals surface area contributed by atoms with E-state index in [2.05, 4.69) is 109 Å². The summed E-state index contributed by atoms with van der Waals surface area (Å²) >= 11 is 0. The highest BCUT2D eigenvalue weighted by Crippen LogP contribution is 2.42. The van der Waals surface area contributed by atoms with E-state index in [1.54, 1.807) is 0 Å². The fraction of sp³-hybridized carbons (Fsp3) is 0. The van der Waals surface area contributed by atoms with Crippen molar-refractivity contribution >= 4 is 12.2 Å². The summed E-state index contributed by atoms with van der Waals surface area (Å²) in [6.07, 6.45) is 4.40. The van der Waals surface area contributed by atoms with E-state index < -0.39 is 0 Å². The molecule has 0 aliphatic carbocycles. The highest BCUT2D eigenvalue weighted by Gasteiger charge is 2.18. The Labute approximate surface area is 262 Å². The van der Waals surface area contributed by atoms with Gasteiger partial charge >= 0.3 is 0 Å². The van der Waals surface area contributed by atoms with Gasteiger partial charge in [-0.05, 0) is 46.5 Å². The molecule has 1 aromatic heterocycles. The van der Waals surface area contributed by atoms with Gasteiger partial charge in [-0.1, -0.05) is 146 Å². The van der Waals surface area contributed by atoms with Gasteiger partial charge in [0, 0.05) is 27.8 Å². The Morgan fingerprint density at radius 2 is 0.867 bits per heavy atom. The number of hydrogen-bond acceptors (Lipinski definition) is 3. The van der Waals surface area contributed by atoms with Crippen molar-refractivity contribution in [2.24, 2.45) is 0 Å². The minimum atomic E-state index is 0.695. The normalized spacial score (nSPS) is 11.6. The summed E-state index contributed by atoms with van der Waals surface area (Å²) < 4.78 is 6.73. The second kappa shape index (κ2) is 11.6. The molecule has 3 nitrogen and oxygen atoms in total. The Hall–Kier alpha value is -6.06. The third kappa shape index (κ3) is 5.21. The van der Waals surface area contributed by atoms with Gasteiger partial charge in [0.1, 0.15) is 11.5 Å². The number of ether oxygens (including phenoxy) is 1. The summed E-state index contributed by atoms with van der Waals surface area (Å²) in [5.41, 5.74) is 11.3. The van der Waals surface area contributed by atoms with Crippen LogP contribution in [0, 0.1) is 0 Å². The molecule has 3 heteroatoms. The first-order valence-electron chi connectivity index (χ1n) is 15.1. The zero-order valence-corrected chi connectivity index (χ0v) is 24.5. The van der Waals surface area contributed by atoms with Crippen molar-refractivity contribution in [1.29, 1.82) is 0 Å². The zero-order chi connectivity index (χ0) is 30.0. The van der Waals surface area contributed by atoms with E-state index in [4.69, 9.17) is 14.7 Å². The second-order valence-corrected chi connectivity index (χ2v) is 11.0. The largest absolute Gasteiger partial charge is 0.456 e. The lowest BCUT2D eigenvalue weighted by Crippen LogP contribution is -1.97. The van der Waals surface area contributed by atoms with Crippen molar-refractivity contribution in [3.63, 3.8) is 0 Å². The molecule has 0 saturated heterocycles. The van der Waals surface area contributed by atoms with Gasteiger partial charge in [-0.2, -0.15) is 0 Å². The molecule has 0 radical (unpaired) electrons. The third-order valence-corrected chi connectivity index (χ3v) is 8.15. The molecule has 1 aliphatic heterocycles. The fourth-order valence-corrected chi connectivity index (χ4v) is 5.90. The van der Waals surface area contributed by atoms with Crippen LogP contribution in [0.3, 0.4) is 0 Å². The van der Waals surface area contributed by atoms with Crippen LogP contribution in [0.2, 0.25) is 0 Å². The van der Waals surface area contributed by atoms with Gasteiger partial charge in [-0.15, -0.1) is 0 Å². The molecule has 0 saturated carbocycles. The lowest BCUT2D eigenvalue weighted by molar-refractivity contribution is 0.486. The molecular weight excluding hydrogens is 548 g/mol. The lowest BCUT2D eigenvalue weighted by atomic mass is 9.94. The fourth-order valence-electron chi connectivity index (χ4n) is 5.90. The number of fused-ring (bicyclic) bond motifs is 6. The molecule has 8 rings (SSSR count). The first-order valence-corrected chi connectivity index (χ1v) is 15.1. The molecule has 0 N–H and O–H groups in total. The van der Waals surface area contributed by atoms with Gasteiger partial charge in [-0.25, -0.2) is 9.97 Å². The van der Waals surface area contributed by atoms with Crippen LogP contribution < -0.4 is 4.74 Å². The smallest absolute Gasteiger partial charge is 0.160 e. The van der Waals surface area contributed by atoms with Crippen LogP contribution in [-0.4, -0.2) is 9.97 Å². The summed E-state index contributed by atoms with van der Waals surface area (Å²) in [4.78, 5) is 10.1. The van der Waals surface area contributed by atoms with E-state index in [-0.39, 0.29) is 0 Å². The zero-order valence-electron chi connectivity index (χ0n) is 24.5. The Morgan fingerprint density at radius 3 is 1.56 bits per heavy atom. The Bertz CT molecular complexity index is 2130. The van der Waals surface area contributed by atoms with Crippen molar-refractivity contribution in [3.8, 4) is 67.7 Å². The highest BCUT2D eigenvalue weighted by atomic mass is 16.5. The van der Waals surface area contributed by atoms with Crippen LogP contribution in [0.4, 0.5) is 0 Å². The number of benzene rings is 6. The summed E-state index contributed by atoms with van der Waals surface area (Å²) in [6, 6.07) is 54.0. The summed E-state index contributed by atoms with van der Waals surface area (Å²) in [6.45, 7) is 0. The van der Waals surface area contributed by atoms with E-state index in [1.165, 1.54) is 0 Å². The van der Waals surface area contributed by atoms with Gasteiger partial charge in [-0.3, -0.25) is 0 Å². The van der Waals surface area contributed by atoms with E-state index in [1.807, 2.05) is 60.7 Å². The molecule has 7 aromatic rings. The SMILES string of the molecule is C1=Cc2ccc(-c3cc(-c4ccccc4)nc(-c4ccccc4)n3)cc2-c2ccccc2Oc2ccccc2-c2ccccc21. The van der Waals surface area contributed by atoms with Crippen LogP contribution in [0.1, 0.15) is 11.1 Å². The molecule has 0 bridgehead atoms. The summed E-state index contributed by atoms with van der Waals surface area (Å²) in [7, 11) is 0. The van der Waals surface area contributed by atoms with E-state index >= 15 is 0 Å². The molecule has 0 fully saturated rings. The molecule has 2 heterocycles. The van der Waals surface area contributed by atoms with E-state index in [0.717, 1.165) is 73.0 Å². The summed E-state index contributed by atoms with van der Waals surface area (Å²) in [5, 5.41) is 0. The van der Waals surface area contributed by atoms with Crippen LogP contribution in [0.25, 0.3) is 68.3 Å². The first kappa shape index (κ1) is 26.6. The number of hydrogen-bond donors (Lipinski definition) is 0.